The van der Waals surface area contributed by atoms with Gasteiger partial charge in [0.05, 0.1) is 12.1 Å². The normalized spacial score (nSPS) is 14.3. The Bertz CT molecular complexity index is 396. The second-order valence-corrected chi connectivity index (χ2v) is 5.31. The predicted octanol–water partition coefficient (Wildman–Crippen LogP) is 4.30. The molecule has 0 heterocycles. The molecule has 1 rings (SSSR count). The van der Waals surface area contributed by atoms with Crippen LogP contribution >= 0.6 is 0 Å². The molecule has 0 aliphatic heterocycles. The molecule has 1 aromatic carbocycles. The molecule has 0 aliphatic carbocycles. The highest BCUT2D eigenvalue weighted by Gasteiger charge is 2.26. The van der Waals surface area contributed by atoms with E-state index in [-0.39, 0.29) is 18.0 Å². The molecule has 3 heteroatoms. The molecular formula is C17H28FNO. The van der Waals surface area contributed by atoms with Crippen molar-refractivity contribution in [2.45, 2.75) is 59.6 Å². The second kappa shape index (κ2) is 8.38. The quantitative estimate of drug-likeness (QED) is 0.767. The first-order valence-corrected chi connectivity index (χ1v) is 7.66. The number of rotatable bonds is 8. The topological polar surface area (TPSA) is 21.3 Å². The standard InChI is InChI=1S/C17H28FNO/c1-6-9-19-17(15(7-2)20-8-3)16-13(5)10-12(4)11-14(16)18/h10-11,15,17,19H,6-9H2,1-5H3. The van der Waals surface area contributed by atoms with Crippen LogP contribution in [0.5, 0.6) is 0 Å². The van der Waals surface area contributed by atoms with Gasteiger partial charge in [0, 0.05) is 12.2 Å². The summed E-state index contributed by atoms with van der Waals surface area (Å²) in [6.45, 7) is 11.6. The third-order valence-electron chi connectivity index (χ3n) is 3.56. The summed E-state index contributed by atoms with van der Waals surface area (Å²) in [6.07, 6.45) is 1.88. The van der Waals surface area contributed by atoms with Crippen LogP contribution in [0.1, 0.15) is 56.3 Å². The van der Waals surface area contributed by atoms with Crippen molar-refractivity contribution >= 4 is 0 Å². The third-order valence-corrected chi connectivity index (χ3v) is 3.56. The van der Waals surface area contributed by atoms with E-state index in [4.69, 9.17) is 4.74 Å². The minimum Gasteiger partial charge on any atom is -0.377 e. The molecular weight excluding hydrogens is 253 g/mol. The molecule has 0 spiro atoms. The zero-order valence-electron chi connectivity index (χ0n) is 13.4. The van der Waals surface area contributed by atoms with E-state index >= 15 is 0 Å². The van der Waals surface area contributed by atoms with Crippen LogP contribution in [0.25, 0.3) is 0 Å². The molecule has 1 N–H and O–H groups in total. The van der Waals surface area contributed by atoms with Gasteiger partial charge in [-0.2, -0.15) is 0 Å². The van der Waals surface area contributed by atoms with Crippen molar-refractivity contribution in [3.63, 3.8) is 0 Å². The van der Waals surface area contributed by atoms with Gasteiger partial charge < -0.3 is 10.1 Å². The van der Waals surface area contributed by atoms with Gasteiger partial charge in [-0.3, -0.25) is 0 Å². The fourth-order valence-electron chi connectivity index (χ4n) is 2.70. The highest BCUT2D eigenvalue weighted by atomic mass is 19.1. The first-order chi connectivity index (χ1) is 9.54. The number of hydrogen-bond acceptors (Lipinski definition) is 2. The van der Waals surface area contributed by atoms with Crippen molar-refractivity contribution in [1.29, 1.82) is 0 Å². The van der Waals surface area contributed by atoms with Crippen LogP contribution < -0.4 is 5.32 Å². The molecule has 0 amide bonds. The lowest BCUT2D eigenvalue weighted by atomic mass is 9.93. The molecule has 2 nitrogen and oxygen atoms in total. The summed E-state index contributed by atoms with van der Waals surface area (Å²) in [6, 6.07) is 3.57. The van der Waals surface area contributed by atoms with Gasteiger partial charge in [-0.15, -0.1) is 0 Å². The number of nitrogens with one attached hydrogen (secondary N) is 1. The Labute approximate surface area is 122 Å². The van der Waals surface area contributed by atoms with Crippen LogP contribution in [-0.4, -0.2) is 19.3 Å². The molecule has 1 aromatic rings. The minimum atomic E-state index is -0.130. The Morgan fingerprint density at radius 1 is 1.20 bits per heavy atom. The van der Waals surface area contributed by atoms with Crippen LogP contribution in [0.4, 0.5) is 4.39 Å². The molecule has 0 saturated heterocycles. The van der Waals surface area contributed by atoms with Crippen molar-refractivity contribution in [1.82, 2.24) is 5.32 Å². The third kappa shape index (κ3) is 4.29. The summed E-state index contributed by atoms with van der Waals surface area (Å²) in [5, 5.41) is 3.46. The summed E-state index contributed by atoms with van der Waals surface area (Å²) in [4.78, 5) is 0. The molecule has 2 atom stereocenters. The van der Waals surface area contributed by atoms with Gasteiger partial charge in [0.2, 0.25) is 0 Å². The Hall–Kier alpha value is -0.930. The van der Waals surface area contributed by atoms with Crippen molar-refractivity contribution in [3.8, 4) is 0 Å². The molecule has 0 radical (unpaired) electrons. The average molecular weight is 281 g/mol. The summed E-state index contributed by atoms with van der Waals surface area (Å²) < 4.78 is 20.2. The van der Waals surface area contributed by atoms with Gasteiger partial charge in [-0.05, 0) is 57.4 Å². The van der Waals surface area contributed by atoms with Crippen molar-refractivity contribution in [2.75, 3.05) is 13.2 Å². The minimum absolute atomic E-state index is 0.00227. The molecule has 0 fully saturated rings. The maximum atomic E-state index is 14.4. The van der Waals surface area contributed by atoms with Gasteiger partial charge in [-0.1, -0.05) is 19.9 Å². The van der Waals surface area contributed by atoms with Crippen molar-refractivity contribution < 1.29 is 9.13 Å². The highest BCUT2D eigenvalue weighted by Crippen LogP contribution is 2.28. The van der Waals surface area contributed by atoms with E-state index in [1.807, 2.05) is 26.8 Å². The summed E-state index contributed by atoms with van der Waals surface area (Å²) in [7, 11) is 0. The molecule has 0 bridgehead atoms. The maximum Gasteiger partial charge on any atom is 0.128 e. The van der Waals surface area contributed by atoms with Crippen LogP contribution in [0.2, 0.25) is 0 Å². The monoisotopic (exact) mass is 281 g/mol. The molecule has 0 aromatic heterocycles. The number of hydrogen-bond donors (Lipinski definition) is 1. The molecule has 20 heavy (non-hydrogen) atoms. The Balaban J connectivity index is 3.15. The number of benzene rings is 1. The van der Waals surface area contributed by atoms with Gasteiger partial charge in [0.1, 0.15) is 5.82 Å². The largest absolute Gasteiger partial charge is 0.377 e. The highest BCUT2D eigenvalue weighted by molar-refractivity contribution is 5.35. The Morgan fingerprint density at radius 2 is 1.90 bits per heavy atom. The van der Waals surface area contributed by atoms with E-state index in [1.165, 1.54) is 0 Å². The van der Waals surface area contributed by atoms with Gasteiger partial charge in [0.25, 0.3) is 0 Å². The van der Waals surface area contributed by atoms with Crippen molar-refractivity contribution in [3.05, 3.63) is 34.6 Å². The second-order valence-electron chi connectivity index (χ2n) is 5.31. The van der Waals surface area contributed by atoms with Crippen LogP contribution in [0.3, 0.4) is 0 Å². The van der Waals surface area contributed by atoms with Gasteiger partial charge in [-0.25, -0.2) is 4.39 Å². The summed E-state index contributed by atoms with van der Waals surface area (Å²) in [5.74, 6) is -0.130. The van der Waals surface area contributed by atoms with E-state index < -0.39 is 0 Å². The predicted molar refractivity (Wildman–Crippen MR) is 82.6 cm³/mol. The molecule has 2 unspecified atom stereocenters. The fraction of sp³-hybridized carbons (Fsp3) is 0.647. The Kier molecular flexibility index (Phi) is 7.17. The van der Waals surface area contributed by atoms with E-state index in [1.54, 1.807) is 6.07 Å². The van der Waals surface area contributed by atoms with Gasteiger partial charge in [0.15, 0.2) is 0 Å². The fourth-order valence-corrected chi connectivity index (χ4v) is 2.70. The average Bonchev–Trinajstić information content (AvgIpc) is 2.39. The zero-order valence-corrected chi connectivity index (χ0v) is 13.4. The first kappa shape index (κ1) is 17.1. The smallest absolute Gasteiger partial charge is 0.128 e. The summed E-state index contributed by atoms with van der Waals surface area (Å²) >= 11 is 0. The van der Waals surface area contributed by atoms with E-state index in [0.717, 1.165) is 36.1 Å². The first-order valence-electron chi connectivity index (χ1n) is 7.66. The molecule has 0 saturated carbocycles. The van der Waals surface area contributed by atoms with E-state index in [9.17, 15) is 4.39 Å². The van der Waals surface area contributed by atoms with E-state index in [2.05, 4.69) is 19.2 Å². The lowest BCUT2D eigenvalue weighted by Crippen LogP contribution is -2.35. The lowest BCUT2D eigenvalue weighted by Gasteiger charge is -2.29. The lowest BCUT2D eigenvalue weighted by molar-refractivity contribution is 0.0303. The number of aryl methyl sites for hydroxylation is 2. The van der Waals surface area contributed by atoms with Crippen LogP contribution in [0.15, 0.2) is 12.1 Å². The van der Waals surface area contributed by atoms with Crippen LogP contribution in [0, 0.1) is 19.7 Å². The number of ether oxygens (including phenoxy) is 1. The van der Waals surface area contributed by atoms with Crippen molar-refractivity contribution in [2.24, 2.45) is 0 Å². The zero-order chi connectivity index (χ0) is 15.1. The SMILES string of the molecule is CCCNC(c1c(C)cc(C)cc1F)C(CC)OCC. The summed E-state index contributed by atoms with van der Waals surface area (Å²) in [5.41, 5.74) is 2.71. The Morgan fingerprint density at radius 3 is 2.40 bits per heavy atom. The molecule has 114 valence electrons. The molecule has 0 aliphatic rings. The maximum absolute atomic E-state index is 14.4. The number of halogens is 1. The van der Waals surface area contributed by atoms with Crippen LogP contribution in [-0.2, 0) is 4.74 Å². The van der Waals surface area contributed by atoms with E-state index in [0.29, 0.717) is 6.61 Å². The van der Waals surface area contributed by atoms with Gasteiger partial charge >= 0.3 is 0 Å².